The molecule has 0 aliphatic carbocycles. The van der Waals surface area contributed by atoms with Crippen LogP contribution in [0, 0.1) is 13.8 Å². The number of ketones is 1. The lowest BCUT2D eigenvalue weighted by Crippen LogP contribution is -2.29. The van der Waals surface area contributed by atoms with Gasteiger partial charge in [-0.25, -0.2) is 4.79 Å². The molecule has 1 atom stereocenters. The highest BCUT2D eigenvalue weighted by molar-refractivity contribution is 6.46. The number of hydrogen-bond donors (Lipinski definition) is 2. The zero-order valence-corrected chi connectivity index (χ0v) is 21.2. The second-order valence-electron chi connectivity index (χ2n) is 8.64. The van der Waals surface area contributed by atoms with Gasteiger partial charge in [-0.05, 0) is 62.6 Å². The van der Waals surface area contributed by atoms with Crippen molar-refractivity contribution in [3.8, 4) is 5.75 Å². The van der Waals surface area contributed by atoms with Crippen molar-refractivity contribution in [2.75, 3.05) is 13.2 Å². The fraction of sp³-hybridized carbons (Fsp3) is 0.286. The Kier molecular flexibility index (Phi) is 7.42. The maximum atomic E-state index is 13.4. The molecule has 1 aliphatic heterocycles. The third-order valence-electron chi connectivity index (χ3n) is 6.28. The minimum absolute atomic E-state index is 0.0568. The number of ether oxygens (including phenoxy) is 2. The first kappa shape index (κ1) is 25.7. The summed E-state index contributed by atoms with van der Waals surface area (Å²) in [5, 5.41) is 11.5. The number of aromatic amines is 1. The van der Waals surface area contributed by atoms with Gasteiger partial charge in [-0.15, -0.1) is 0 Å². The average molecular weight is 504 g/mol. The van der Waals surface area contributed by atoms with E-state index >= 15 is 0 Å². The molecule has 3 aromatic rings. The number of H-pyrrole nitrogens is 1. The number of amides is 1. The molecule has 2 aromatic heterocycles. The van der Waals surface area contributed by atoms with E-state index in [9.17, 15) is 19.5 Å². The van der Waals surface area contributed by atoms with Crippen LogP contribution in [-0.2, 0) is 20.9 Å². The van der Waals surface area contributed by atoms with Crippen LogP contribution in [0.15, 0.2) is 54.4 Å². The minimum atomic E-state index is -0.865. The van der Waals surface area contributed by atoms with Gasteiger partial charge in [-0.3, -0.25) is 14.6 Å². The highest BCUT2D eigenvalue weighted by atomic mass is 16.5. The first-order chi connectivity index (χ1) is 17.8. The summed E-state index contributed by atoms with van der Waals surface area (Å²) in [6.45, 7) is 7.72. The average Bonchev–Trinajstić information content (AvgIpc) is 3.32. The molecular weight excluding hydrogens is 474 g/mol. The lowest BCUT2D eigenvalue weighted by atomic mass is 9.94. The van der Waals surface area contributed by atoms with Crippen LogP contribution in [0.3, 0.4) is 0 Å². The molecule has 1 fully saturated rings. The molecule has 37 heavy (non-hydrogen) atoms. The van der Waals surface area contributed by atoms with E-state index in [-0.39, 0.29) is 30.2 Å². The summed E-state index contributed by atoms with van der Waals surface area (Å²) >= 11 is 0. The Bertz CT molecular complexity index is 1360. The van der Waals surface area contributed by atoms with Crippen LogP contribution < -0.4 is 4.74 Å². The van der Waals surface area contributed by atoms with Crippen molar-refractivity contribution < 1.29 is 29.0 Å². The number of benzene rings is 1. The number of hydrogen-bond acceptors (Lipinski definition) is 7. The van der Waals surface area contributed by atoms with E-state index in [1.54, 1.807) is 63.5 Å². The fourth-order valence-corrected chi connectivity index (χ4v) is 4.64. The number of likely N-dealkylation sites (tertiary alicyclic amines) is 1. The van der Waals surface area contributed by atoms with E-state index in [4.69, 9.17) is 9.47 Å². The van der Waals surface area contributed by atoms with Gasteiger partial charge in [0.25, 0.3) is 11.7 Å². The van der Waals surface area contributed by atoms with Crippen LogP contribution >= 0.6 is 0 Å². The number of aromatic nitrogens is 2. The Morgan fingerprint density at radius 2 is 1.84 bits per heavy atom. The van der Waals surface area contributed by atoms with Gasteiger partial charge in [0.1, 0.15) is 17.2 Å². The molecule has 0 unspecified atom stereocenters. The van der Waals surface area contributed by atoms with E-state index in [1.807, 2.05) is 13.0 Å². The smallest absolute Gasteiger partial charge is 0.355 e. The van der Waals surface area contributed by atoms with Crippen molar-refractivity contribution in [1.29, 1.82) is 0 Å². The molecule has 0 saturated carbocycles. The number of carbonyl (C=O) groups is 3. The maximum absolute atomic E-state index is 13.4. The van der Waals surface area contributed by atoms with E-state index in [1.165, 1.54) is 4.90 Å². The van der Waals surface area contributed by atoms with Crippen LogP contribution in [0.25, 0.3) is 5.76 Å². The Morgan fingerprint density at radius 1 is 1.11 bits per heavy atom. The van der Waals surface area contributed by atoms with Crippen LogP contribution in [0.4, 0.5) is 0 Å². The van der Waals surface area contributed by atoms with Crippen molar-refractivity contribution in [2.24, 2.45) is 0 Å². The number of Topliss-reactive ketones (excluding diaryl/α,β-unsaturated/α-hetero) is 1. The second-order valence-corrected chi connectivity index (χ2v) is 8.64. The number of aryl methyl sites for hydroxylation is 1. The number of aliphatic hydroxyl groups is 1. The predicted molar refractivity (Wildman–Crippen MR) is 136 cm³/mol. The lowest BCUT2D eigenvalue weighted by molar-refractivity contribution is -0.140. The molecule has 3 heterocycles. The summed E-state index contributed by atoms with van der Waals surface area (Å²) in [5.41, 5.74) is 2.68. The lowest BCUT2D eigenvalue weighted by Gasteiger charge is -2.25. The number of carbonyl (C=O) groups excluding carboxylic acids is 3. The maximum Gasteiger partial charge on any atom is 0.355 e. The van der Waals surface area contributed by atoms with Crippen LogP contribution in [0.5, 0.6) is 5.75 Å². The van der Waals surface area contributed by atoms with Crippen LogP contribution in [-0.4, -0.2) is 50.8 Å². The van der Waals surface area contributed by atoms with Crippen molar-refractivity contribution >= 4 is 23.4 Å². The van der Waals surface area contributed by atoms with Crippen molar-refractivity contribution in [3.05, 3.63) is 88.0 Å². The summed E-state index contributed by atoms with van der Waals surface area (Å²) in [6.07, 6.45) is 3.25. The predicted octanol–water partition coefficient (Wildman–Crippen LogP) is 4.22. The number of pyridine rings is 1. The highest BCUT2D eigenvalue weighted by Gasteiger charge is 2.46. The zero-order valence-electron chi connectivity index (χ0n) is 21.2. The molecule has 192 valence electrons. The summed E-state index contributed by atoms with van der Waals surface area (Å²) in [5.74, 6) is -1.82. The van der Waals surface area contributed by atoms with Gasteiger partial charge >= 0.3 is 5.97 Å². The van der Waals surface area contributed by atoms with E-state index < -0.39 is 23.7 Å². The van der Waals surface area contributed by atoms with Gasteiger partial charge in [0.05, 0.1) is 24.8 Å². The topological polar surface area (TPSA) is 122 Å². The first-order valence-electron chi connectivity index (χ1n) is 12.0. The summed E-state index contributed by atoms with van der Waals surface area (Å²) < 4.78 is 10.7. The SMILES string of the molecule is CCOC(=O)c1[nH]c(C)c(C(O)=C2C(=O)C(=O)N(Cc3cccnc3)[C@H]2c2ccc(OCC)cc2)c1C. The van der Waals surface area contributed by atoms with Gasteiger partial charge < -0.3 is 24.5 Å². The quantitative estimate of drug-likeness (QED) is 0.204. The van der Waals surface area contributed by atoms with E-state index in [0.29, 0.717) is 34.7 Å². The van der Waals surface area contributed by atoms with Crippen LogP contribution in [0.1, 0.15) is 58.3 Å². The largest absolute Gasteiger partial charge is 0.507 e. The van der Waals surface area contributed by atoms with Crippen molar-refractivity contribution in [2.45, 2.75) is 40.3 Å². The molecule has 1 amide bonds. The summed E-state index contributed by atoms with van der Waals surface area (Å²) in [6, 6.07) is 9.76. The van der Waals surface area contributed by atoms with Gasteiger partial charge in [-0.1, -0.05) is 18.2 Å². The van der Waals surface area contributed by atoms with Gasteiger partial charge in [0.15, 0.2) is 0 Å². The van der Waals surface area contributed by atoms with Gasteiger partial charge in [0.2, 0.25) is 0 Å². The third-order valence-corrected chi connectivity index (χ3v) is 6.28. The molecule has 9 heteroatoms. The van der Waals surface area contributed by atoms with Gasteiger partial charge in [0, 0.05) is 30.2 Å². The number of nitrogens with zero attached hydrogens (tertiary/aromatic N) is 2. The Labute approximate surface area is 214 Å². The monoisotopic (exact) mass is 503 g/mol. The molecule has 0 spiro atoms. The number of esters is 1. The standard InChI is InChI=1S/C28H29N3O6/c1-5-36-20-11-9-19(10-12-20)24-22(26(33)27(34)31(24)15-18-8-7-13-29-14-18)25(32)21-16(3)23(30-17(21)4)28(35)37-6-2/h7-14,24,30,32H,5-6,15H2,1-4H3/t24-/m0/s1. The van der Waals surface area contributed by atoms with Crippen molar-refractivity contribution in [3.63, 3.8) is 0 Å². The molecule has 0 radical (unpaired) electrons. The zero-order chi connectivity index (χ0) is 26.7. The molecular formula is C28H29N3O6. The summed E-state index contributed by atoms with van der Waals surface area (Å²) in [4.78, 5) is 47.6. The minimum Gasteiger partial charge on any atom is -0.507 e. The number of rotatable bonds is 8. The fourth-order valence-electron chi connectivity index (χ4n) is 4.64. The number of nitrogens with one attached hydrogen (secondary N) is 1. The van der Waals surface area contributed by atoms with Gasteiger partial charge in [-0.2, -0.15) is 0 Å². The summed E-state index contributed by atoms with van der Waals surface area (Å²) in [7, 11) is 0. The Morgan fingerprint density at radius 3 is 2.46 bits per heavy atom. The van der Waals surface area contributed by atoms with Crippen LogP contribution in [0.2, 0.25) is 0 Å². The third kappa shape index (κ3) is 4.84. The molecule has 0 bridgehead atoms. The molecule has 1 saturated heterocycles. The molecule has 2 N–H and O–H groups in total. The highest BCUT2D eigenvalue weighted by Crippen LogP contribution is 2.42. The van der Waals surface area contributed by atoms with E-state index in [2.05, 4.69) is 9.97 Å². The molecule has 9 nitrogen and oxygen atoms in total. The Hall–Kier alpha value is -4.40. The molecule has 1 aliphatic rings. The second kappa shape index (κ2) is 10.7. The normalized spacial score (nSPS) is 16.8. The molecule has 4 rings (SSSR count). The van der Waals surface area contributed by atoms with E-state index in [0.717, 1.165) is 5.56 Å². The van der Waals surface area contributed by atoms with Crippen molar-refractivity contribution in [1.82, 2.24) is 14.9 Å². The molecule has 1 aromatic carbocycles. The Balaban J connectivity index is 1.87. The first-order valence-corrected chi connectivity index (χ1v) is 12.0. The number of aliphatic hydroxyl groups excluding tert-OH is 1.